The molecule has 162 valence electrons. The van der Waals surface area contributed by atoms with Gasteiger partial charge in [0, 0.05) is 0 Å². The Morgan fingerprint density at radius 2 is 1.33 bits per heavy atom. The maximum absolute atomic E-state index is 13.4. The van der Waals surface area contributed by atoms with Crippen LogP contribution >= 0.6 is 23.2 Å². The third kappa shape index (κ3) is 3.83. The average Bonchev–Trinajstić information content (AvgIpc) is 2.87. The molecule has 2 aromatic heterocycles. The van der Waals surface area contributed by atoms with Crippen LogP contribution in [0.5, 0.6) is 0 Å². The van der Waals surface area contributed by atoms with Crippen LogP contribution in [0, 0.1) is 0 Å². The minimum Gasteiger partial charge on any atom is -0.383 e. The van der Waals surface area contributed by atoms with Crippen molar-refractivity contribution in [2.75, 3.05) is 5.73 Å². The minimum absolute atomic E-state index is 0.249. The summed E-state index contributed by atoms with van der Waals surface area (Å²) in [6.07, 6.45) is -15.4. The van der Waals surface area contributed by atoms with Crippen LogP contribution in [0.15, 0.2) is 18.2 Å². The molecule has 0 atom stereocenters. The first-order valence-corrected chi connectivity index (χ1v) is 8.17. The number of anilines is 1. The zero-order chi connectivity index (χ0) is 22.8. The van der Waals surface area contributed by atoms with Gasteiger partial charge in [0.05, 0.1) is 26.6 Å². The molecule has 0 unspecified atom stereocenters. The predicted molar refractivity (Wildman–Crippen MR) is 88.3 cm³/mol. The van der Waals surface area contributed by atoms with Gasteiger partial charge in [0.15, 0.2) is 5.65 Å². The first-order chi connectivity index (χ1) is 13.5. The normalized spacial score (nSPS) is 13.3. The third-order valence-electron chi connectivity index (χ3n) is 3.83. The van der Waals surface area contributed by atoms with Crippen molar-refractivity contribution in [1.29, 1.82) is 0 Å². The largest absolute Gasteiger partial charge is 0.433 e. The lowest BCUT2D eigenvalue weighted by atomic mass is 10.1. The van der Waals surface area contributed by atoms with Crippen LogP contribution in [0.1, 0.15) is 16.8 Å². The van der Waals surface area contributed by atoms with Crippen LogP contribution in [-0.4, -0.2) is 14.8 Å². The smallest absolute Gasteiger partial charge is 0.383 e. The first kappa shape index (κ1) is 22.3. The quantitative estimate of drug-likeness (QED) is 0.410. The Morgan fingerprint density at radius 3 is 1.77 bits per heavy atom. The number of hydrogen-bond acceptors (Lipinski definition) is 3. The Morgan fingerprint density at radius 1 is 0.800 bits per heavy atom. The van der Waals surface area contributed by atoms with Crippen molar-refractivity contribution in [3.8, 4) is 5.69 Å². The van der Waals surface area contributed by atoms with Crippen molar-refractivity contribution in [1.82, 2.24) is 14.8 Å². The summed E-state index contributed by atoms with van der Waals surface area (Å²) in [5, 5.41) is 1.06. The van der Waals surface area contributed by atoms with Gasteiger partial charge in [0.25, 0.3) is 0 Å². The van der Waals surface area contributed by atoms with Gasteiger partial charge in [-0.15, -0.1) is 5.10 Å². The minimum atomic E-state index is -5.28. The van der Waals surface area contributed by atoms with Crippen LogP contribution in [0.25, 0.3) is 16.7 Å². The molecule has 0 aliphatic rings. The summed E-state index contributed by atoms with van der Waals surface area (Å²) >= 11 is 11.6. The average molecular weight is 483 g/mol. The molecule has 15 heteroatoms. The number of aromatic nitrogens is 3. The van der Waals surface area contributed by atoms with Crippen LogP contribution in [0.2, 0.25) is 10.0 Å². The van der Waals surface area contributed by atoms with Gasteiger partial charge in [-0.05, 0) is 18.2 Å². The number of fused-ring (bicyclic) bond motifs is 1. The lowest BCUT2D eigenvalue weighted by Crippen LogP contribution is -2.13. The molecular formula is C15H5Cl2F9N4. The van der Waals surface area contributed by atoms with Gasteiger partial charge in [-0.3, -0.25) is 0 Å². The molecule has 0 aliphatic heterocycles. The number of nitrogen functional groups attached to an aromatic ring is 1. The van der Waals surface area contributed by atoms with Crippen molar-refractivity contribution in [3.63, 3.8) is 0 Å². The Balaban J connectivity index is 2.37. The van der Waals surface area contributed by atoms with E-state index in [1.165, 1.54) is 0 Å². The van der Waals surface area contributed by atoms with E-state index >= 15 is 0 Å². The second-order valence-electron chi connectivity index (χ2n) is 5.83. The molecule has 0 aliphatic carbocycles. The van der Waals surface area contributed by atoms with Gasteiger partial charge in [-0.2, -0.15) is 39.5 Å². The van der Waals surface area contributed by atoms with E-state index in [9.17, 15) is 39.5 Å². The molecule has 4 nitrogen and oxygen atoms in total. The maximum Gasteiger partial charge on any atom is 0.433 e. The van der Waals surface area contributed by atoms with Crippen LogP contribution < -0.4 is 5.73 Å². The fraction of sp³-hybridized carbons (Fsp3) is 0.200. The SMILES string of the molecule is Nc1c2c(C(F)(F)F)cc(C(F)(F)F)nc2nn1-c1c(Cl)cc(C(F)(F)F)cc1Cl. The molecule has 2 heterocycles. The first-order valence-electron chi connectivity index (χ1n) is 7.42. The standard InChI is InChI=1S/C15H5Cl2F9N4/c16-6-1-4(13(18,19)20)2-7(17)10(6)30-11(27)9-5(14(21,22)23)3-8(15(24,25)26)28-12(9)29-30/h1-3H,27H2. The van der Waals surface area contributed by atoms with Gasteiger partial charge in [0.2, 0.25) is 0 Å². The fourth-order valence-electron chi connectivity index (χ4n) is 2.58. The molecule has 0 amide bonds. The summed E-state index contributed by atoms with van der Waals surface area (Å²) in [5.74, 6) is -0.873. The molecule has 1 aromatic carbocycles. The summed E-state index contributed by atoms with van der Waals surface area (Å²) in [7, 11) is 0. The van der Waals surface area contributed by atoms with Crippen molar-refractivity contribution < 1.29 is 39.5 Å². The molecule has 30 heavy (non-hydrogen) atoms. The molecule has 0 radical (unpaired) electrons. The van der Waals surface area contributed by atoms with Gasteiger partial charge in [0.1, 0.15) is 17.2 Å². The summed E-state index contributed by atoms with van der Waals surface area (Å²) in [4.78, 5) is 3.04. The lowest BCUT2D eigenvalue weighted by Gasteiger charge is -2.13. The van der Waals surface area contributed by atoms with E-state index in [4.69, 9.17) is 28.9 Å². The number of hydrogen-bond donors (Lipinski definition) is 1. The number of rotatable bonds is 1. The highest BCUT2D eigenvalue weighted by molar-refractivity contribution is 6.38. The Bertz CT molecular complexity index is 1120. The molecule has 0 fully saturated rings. The molecule has 3 rings (SSSR count). The van der Waals surface area contributed by atoms with E-state index in [1.807, 2.05) is 0 Å². The van der Waals surface area contributed by atoms with E-state index in [1.54, 1.807) is 0 Å². The Labute approximate surface area is 170 Å². The lowest BCUT2D eigenvalue weighted by molar-refractivity contribution is -0.144. The van der Waals surface area contributed by atoms with E-state index in [-0.39, 0.29) is 6.07 Å². The van der Waals surface area contributed by atoms with Crippen molar-refractivity contribution in [2.45, 2.75) is 18.5 Å². The second-order valence-corrected chi connectivity index (χ2v) is 6.65. The van der Waals surface area contributed by atoms with Gasteiger partial charge in [-0.1, -0.05) is 23.2 Å². The summed E-state index contributed by atoms with van der Waals surface area (Å²) in [6.45, 7) is 0. The van der Waals surface area contributed by atoms with E-state index in [0.29, 0.717) is 16.8 Å². The van der Waals surface area contributed by atoms with Gasteiger partial charge < -0.3 is 5.73 Å². The molecule has 0 saturated heterocycles. The van der Waals surface area contributed by atoms with Crippen LogP contribution in [0.4, 0.5) is 45.3 Å². The van der Waals surface area contributed by atoms with Crippen LogP contribution in [0.3, 0.4) is 0 Å². The molecule has 2 N–H and O–H groups in total. The number of benzene rings is 1. The topological polar surface area (TPSA) is 56.7 Å². The molecule has 0 spiro atoms. The Hall–Kier alpha value is -2.41. The Kier molecular flexibility index (Phi) is 5.05. The third-order valence-corrected chi connectivity index (χ3v) is 4.41. The zero-order valence-corrected chi connectivity index (χ0v) is 15.3. The van der Waals surface area contributed by atoms with Gasteiger partial charge >= 0.3 is 18.5 Å². The van der Waals surface area contributed by atoms with Gasteiger partial charge in [-0.25, -0.2) is 9.67 Å². The number of nitrogens with zero attached hydrogens (tertiary/aromatic N) is 3. The van der Waals surface area contributed by atoms with E-state index in [0.717, 1.165) is 0 Å². The maximum atomic E-state index is 13.4. The number of halogens is 11. The predicted octanol–water partition coefficient (Wildman–Crippen LogP) is 6.37. The zero-order valence-electron chi connectivity index (χ0n) is 13.8. The van der Waals surface area contributed by atoms with Crippen molar-refractivity contribution in [3.05, 3.63) is 45.1 Å². The van der Waals surface area contributed by atoms with Crippen molar-refractivity contribution >= 4 is 40.1 Å². The summed E-state index contributed by atoms with van der Waals surface area (Å²) in [5.41, 5.74) is -0.946. The van der Waals surface area contributed by atoms with Crippen molar-refractivity contribution in [2.24, 2.45) is 0 Å². The number of nitrogens with two attached hydrogens (primary N) is 1. The molecular weight excluding hydrogens is 478 g/mol. The van der Waals surface area contributed by atoms with E-state index < -0.39 is 67.9 Å². The van der Waals surface area contributed by atoms with Crippen LogP contribution in [-0.2, 0) is 18.5 Å². The summed E-state index contributed by atoms with van der Waals surface area (Å²) < 4.78 is 118. The summed E-state index contributed by atoms with van der Waals surface area (Å²) in [6, 6.07) is 0.572. The van der Waals surface area contributed by atoms with E-state index in [2.05, 4.69) is 10.1 Å². The molecule has 3 aromatic rings. The highest BCUT2D eigenvalue weighted by atomic mass is 35.5. The number of pyridine rings is 1. The second kappa shape index (κ2) is 6.80. The molecule has 0 bridgehead atoms. The highest BCUT2D eigenvalue weighted by Crippen LogP contribution is 2.43. The monoisotopic (exact) mass is 482 g/mol. The number of alkyl halides is 9. The highest BCUT2D eigenvalue weighted by Gasteiger charge is 2.41. The fourth-order valence-corrected chi connectivity index (χ4v) is 3.23. The molecule has 0 saturated carbocycles.